The maximum absolute atomic E-state index is 4.39. The van der Waals surface area contributed by atoms with Gasteiger partial charge in [0.15, 0.2) is 0 Å². The van der Waals surface area contributed by atoms with E-state index in [4.69, 9.17) is 0 Å². The summed E-state index contributed by atoms with van der Waals surface area (Å²) in [6, 6.07) is 26.0. The fourth-order valence-electron chi connectivity index (χ4n) is 5.91. The van der Waals surface area contributed by atoms with Gasteiger partial charge < -0.3 is 4.57 Å². The van der Waals surface area contributed by atoms with Gasteiger partial charge in [-0.1, -0.05) is 75.8 Å². The highest BCUT2D eigenvalue weighted by atomic mass is 15.1. The number of fused-ring (bicyclic) bond motifs is 1. The molecule has 0 saturated heterocycles. The van der Waals surface area contributed by atoms with E-state index in [1.807, 2.05) is 25.4 Å². The second-order valence-electron chi connectivity index (χ2n) is 11.2. The third-order valence-electron chi connectivity index (χ3n) is 8.08. The van der Waals surface area contributed by atoms with Crippen LogP contribution >= 0.6 is 0 Å². The van der Waals surface area contributed by atoms with Gasteiger partial charge in [-0.15, -0.1) is 0 Å². The SMILES string of the molecule is C=Cc1c(/C=C\C)n(-c2cccc(-c3cc(C)c(-n4cc[n+](C)c4-c4ccccc4)c(C)c3)c2)c2ccncc12.CCCC. The van der Waals surface area contributed by atoms with Gasteiger partial charge in [-0.05, 0) is 91.6 Å². The molecule has 6 aromatic rings. The van der Waals surface area contributed by atoms with E-state index in [0.29, 0.717) is 0 Å². The fraction of sp³-hybridized carbons (Fsp3) is 0.200. The Morgan fingerprint density at radius 2 is 1.57 bits per heavy atom. The molecule has 3 aromatic heterocycles. The van der Waals surface area contributed by atoms with E-state index in [1.165, 1.54) is 46.3 Å². The van der Waals surface area contributed by atoms with Crippen LogP contribution < -0.4 is 4.57 Å². The molecule has 3 aromatic carbocycles. The zero-order chi connectivity index (χ0) is 31.2. The number of aromatic nitrogens is 4. The van der Waals surface area contributed by atoms with Gasteiger partial charge in [-0.2, -0.15) is 4.57 Å². The van der Waals surface area contributed by atoms with E-state index in [0.717, 1.165) is 33.7 Å². The molecule has 0 radical (unpaired) electrons. The van der Waals surface area contributed by atoms with Crippen LogP contribution in [0.2, 0.25) is 0 Å². The van der Waals surface area contributed by atoms with Crippen molar-refractivity contribution in [2.24, 2.45) is 7.05 Å². The summed E-state index contributed by atoms with van der Waals surface area (Å²) in [5, 5.41) is 1.10. The van der Waals surface area contributed by atoms with Gasteiger partial charge in [0.2, 0.25) is 0 Å². The van der Waals surface area contributed by atoms with Gasteiger partial charge in [-0.25, -0.2) is 4.57 Å². The van der Waals surface area contributed by atoms with Crippen molar-refractivity contribution in [1.82, 2.24) is 14.1 Å². The summed E-state index contributed by atoms with van der Waals surface area (Å²) in [4.78, 5) is 4.39. The molecule has 0 aliphatic rings. The Labute approximate surface area is 262 Å². The summed E-state index contributed by atoms with van der Waals surface area (Å²) in [7, 11) is 2.10. The number of benzene rings is 3. The molecular formula is C40H43N4+. The van der Waals surface area contributed by atoms with Crippen LogP contribution in [0.3, 0.4) is 0 Å². The van der Waals surface area contributed by atoms with Crippen LogP contribution in [0.4, 0.5) is 0 Å². The number of unbranched alkanes of at least 4 members (excludes halogenated alkanes) is 1. The number of hydrogen-bond acceptors (Lipinski definition) is 1. The topological polar surface area (TPSA) is 26.6 Å². The van der Waals surface area contributed by atoms with Gasteiger partial charge >= 0.3 is 0 Å². The predicted molar refractivity (Wildman–Crippen MR) is 187 cm³/mol. The van der Waals surface area contributed by atoms with Crippen molar-refractivity contribution in [1.29, 1.82) is 0 Å². The Hall–Kier alpha value is -4.96. The van der Waals surface area contributed by atoms with Gasteiger partial charge in [0.1, 0.15) is 18.1 Å². The Morgan fingerprint density at radius 3 is 2.23 bits per heavy atom. The van der Waals surface area contributed by atoms with Crippen LogP contribution in [0, 0.1) is 13.8 Å². The zero-order valence-electron chi connectivity index (χ0n) is 26.9. The largest absolute Gasteiger partial charge is 0.309 e. The number of pyridine rings is 1. The minimum atomic E-state index is 1.09. The second kappa shape index (κ2) is 13.6. The molecule has 0 aliphatic carbocycles. The third-order valence-corrected chi connectivity index (χ3v) is 8.08. The molecule has 0 N–H and O–H groups in total. The van der Waals surface area contributed by atoms with Crippen LogP contribution in [0.25, 0.3) is 56.9 Å². The molecule has 0 bridgehead atoms. The molecule has 0 saturated carbocycles. The molecule has 4 heteroatoms. The maximum Gasteiger partial charge on any atom is 0.293 e. The van der Waals surface area contributed by atoms with Crippen LogP contribution in [0.15, 0.2) is 110 Å². The lowest BCUT2D eigenvalue weighted by Crippen LogP contribution is -2.29. The summed E-state index contributed by atoms with van der Waals surface area (Å²) in [6.07, 6.45) is 16.8. The Morgan fingerprint density at radius 1 is 0.864 bits per heavy atom. The van der Waals surface area contributed by atoms with Crippen molar-refractivity contribution in [2.45, 2.75) is 47.5 Å². The summed E-state index contributed by atoms with van der Waals surface area (Å²) in [5.74, 6) is 1.16. The standard InChI is InChI=1S/C36H33N4.C4H10/c1-6-12-33-31(7-2)32-24-37-18-17-34(32)40(33)30-16-11-15-28(23-30)29-21-25(3)35(26(4)22-29)39-20-19-38(5)36(39)27-13-9-8-10-14-27;1-3-4-2/h6-24H,2H2,1,3-5H3;3-4H2,1-2H3/q+1;/b12-6-;. The zero-order valence-corrected chi connectivity index (χ0v) is 26.9. The third kappa shape index (κ3) is 5.80. The molecule has 6 rings (SSSR count). The summed E-state index contributed by atoms with van der Waals surface area (Å²) >= 11 is 0. The smallest absolute Gasteiger partial charge is 0.293 e. The number of imidazole rings is 1. The summed E-state index contributed by atoms with van der Waals surface area (Å²) < 4.78 is 6.79. The quantitative estimate of drug-likeness (QED) is 0.173. The first-order valence-corrected chi connectivity index (χ1v) is 15.5. The lowest BCUT2D eigenvalue weighted by Gasteiger charge is -2.14. The molecule has 0 fully saturated rings. The minimum absolute atomic E-state index is 1.09. The monoisotopic (exact) mass is 579 g/mol. The lowest BCUT2D eigenvalue weighted by molar-refractivity contribution is -0.659. The van der Waals surface area contributed by atoms with E-state index < -0.39 is 0 Å². The molecule has 0 aliphatic heterocycles. The summed E-state index contributed by atoms with van der Waals surface area (Å²) in [5.41, 5.74) is 11.7. The first-order valence-electron chi connectivity index (χ1n) is 15.5. The average Bonchev–Trinajstić information content (AvgIpc) is 3.58. The number of aryl methyl sites for hydroxylation is 3. The highest BCUT2D eigenvalue weighted by Gasteiger charge is 2.22. The number of rotatable bonds is 7. The van der Waals surface area contributed by atoms with Gasteiger partial charge in [0.25, 0.3) is 5.82 Å². The minimum Gasteiger partial charge on any atom is -0.309 e. The molecule has 0 amide bonds. The van der Waals surface area contributed by atoms with Crippen molar-refractivity contribution in [3.05, 3.63) is 133 Å². The fourth-order valence-corrected chi connectivity index (χ4v) is 5.91. The van der Waals surface area contributed by atoms with Gasteiger partial charge in [-0.3, -0.25) is 4.98 Å². The normalized spacial score (nSPS) is 11.1. The van der Waals surface area contributed by atoms with Crippen LogP contribution in [0.5, 0.6) is 0 Å². The molecule has 0 spiro atoms. The first kappa shape index (κ1) is 30.5. The number of hydrogen-bond donors (Lipinski definition) is 0. The molecule has 0 atom stereocenters. The second-order valence-corrected chi connectivity index (χ2v) is 11.2. The van der Waals surface area contributed by atoms with Crippen molar-refractivity contribution in [2.75, 3.05) is 0 Å². The number of nitrogens with zero attached hydrogens (tertiary/aromatic N) is 4. The summed E-state index contributed by atoms with van der Waals surface area (Å²) in [6.45, 7) is 14.9. The first-order chi connectivity index (χ1) is 21.4. The predicted octanol–water partition coefficient (Wildman–Crippen LogP) is 10.1. The van der Waals surface area contributed by atoms with E-state index in [1.54, 1.807) is 0 Å². The van der Waals surface area contributed by atoms with E-state index in [2.05, 4.69) is 157 Å². The van der Waals surface area contributed by atoms with Crippen molar-refractivity contribution >= 4 is 23.1 Å². The van der Waals surface area contributed by atoms with Crippen LogP contribution in [-0.4, -0.2) is 14.1 Å². The van der Waals surface area contributed by atoms with Crippen molar-refractivity contribution in [3.8, 4) is 33.9 Å². The van der Waals surface area contributed by atoms with Gasteiger partial charge in [0, 0.05) is 29.0 Å². The Bertz CT molecular complexity index is 1910. The molecular weight excluding hydrogens is 536 g/mol. The van der Waals surface area contributed by atoms with Crippen LogP contribution in [0.1, 0.15) is 56.0 Å². The number of allylic oxidation sites excluding steroid dienone is 1. The maximum atomic E-state index is 4.39. The van der Waals surface area contributed by atoms with E-state index >= 15 is 0 Å². The van der Waals surface area contributed by atoms with Crippen molar-refractivity contribution in [3.63, 3.8) is 0 Å². The Kier molecular flexibility index (Phi) is 9.40. The van der Waals surface area contributed by atoms with Gasteiger partial charge in [0.05, 0.1) is 23.8 Å². The lowest BCUT2D eigenvalue weighted by atomic mass is 9.98. The van der Waals surface area contributed by atoms with E-state index in [-0.39, 0.29) is 0 Å². The molecule has 3 heterocycles. The molecule has 44 heavy (non-hydrogen) atoms. The average molecular weight is 580 g/mol. The highest BCUT2D eigenvalue weighted by molar-refractivity contribution is 5.94. The molecule has 0 unspecified atom stereocenters. The highest BCUT2D eigenvalue weighted by Crippen LogP contribution is 2.34. The van der Waals surface area contributed by atoms with E-state index in [9.17, 15) is 0 Å². The Balaban J connectivity index is 0.000000906. The van der Waals surface area contributed by atoms with Crippen molar-refractivity contribution < 1.29 is 4.57 Å². The van der Waals surface area contributed by atoms with Crippen LogP contribution in [-0.2, 0) is 7.05 Å². The molecule has 222 valence electrons. The molecule has 4 nitrogen and oxygen atoms in total.